The van der Waals surface area contributed by atoms with Crippen molar-refractivity contribution in [2.24, 2.45) is 0 Å². The van der Waals surface area contributed by atoms with Crippen molar-refractivity contribution < 1.29 is 14.1 Å². The smallest absolute Gasteiger partial charge is 0.272 e. The second kappa shape index (κ2) is 5.77. The Balaban J connectivity index is 2.92. The monoisotopic (exact) mass is 247 g/mol. The number of nitro benzene ring substituents is 1. The van der Waals surface area contributed by atoms with Crippen LogP contribution in [0.4, 0.5) is 10.1 Å². The van der Waals surface area contributed by atoms with Crippen LogP contribution in [0.3, 0.4) is 0 Å². The van der Waals surface area contributed by atoms with Gasteiger partial charge in [-0.25, -0.2) is 4.39 Å². The van der Waals surface area contributed by atoms with Crippen LogP contribution in [0.25, 0.3) is 0 Å². The van der Waals surface area contributed by atoms with E-state index >= 15 is 0 Å². The van der Waals surface area contributed by atoms with Crippen molar-refractivity contribution in [3.8, 4) is 0 Å². The Bertz CT molecular complexity index is 386. The number of rotatable bonds is 5. The molecule has 0 saturated heterocycles. The molecule has 6 heteroatoms. The Morgan fingerprint density at radius 1 is 1.62 bits per heavy atom. The number of hydrogen-bond donors (Lipinski definition) is 0. The summed E-state index contributed by atoms with van der Waals surface area (Å²) in [4.78, 5) is 10.1. The maximum atomic E-state index is 12.9. The molecule has 0 amide bonds. The molecule has 0 heterocycles. The van der Waals surface area contributed by atoms with Crippen LogP contribution in [-0.2, 0) is 11.2 Å². The summed E-state index contributed by atoms with van der Waals surface area (Å²) >= 11 is 5.87. The zero-order chi connectivity index (χ0) is 12.1. The Kier molecular flexibility index (Phi) is 4.64. The lowest BCUT2D eigenvalue weighted by molar-refractivity contribution is -0.385. The van der Waals surface area contributed by atoms with Crippen molar-refractivity contribution in [3.63, 3.8) is 0 Å². The van der Waals surface area contributed by atoms with Gasteiger partial charge in [-0.05, 0) is 18.6 Å². The third-order valence-electron chi connectivity index (χ3n) is 2.03. The highest BCUT2D eigenvalue weighted by Gasteiger charge is 2.17. The molecule has 16 heavy (non-hydrogen) atoms. The first kappa shape index (κ1) is 12.9. The second-order valence-corrected chi connectivity index (χ2v) is 3.90. The van der Waals surface area contributed by atoms with E-state index in [1.54, 1.807) is 0 Å². The number of hydrogen-bond acceptors (Lipinski definition) is 3. The SMILES string of the molecule is COCC(Cl)Cc1cc(F)ccc1[N+](=O)[O-]. The van der Waals surface area contributed by atoms with Gasteiger partial charge in [0.05, 0.1) is 16.9 Å². The standard InChI is InChI=1S/C10H11ClFNO3/c1-16-6-8(11)4-7-5-9(12)2-3-10(7)13(14)15/h2-3,5,8H,4,6H2,1H3. The minimum absolute atomic E-state index is 0.122. The lowest BCUT2D eigenvalue weighted by Gasteiger charge is -2.08. The van der Waals surface area contributed by atoms with Crippen molar-refractivity contribution in [2.75, 3.05) is 13.7 Å². The largest absolute Gasteiger partial charge is 0.383 e. The van der Waals surface area contributed by atoms with Crippen LogP contribution in [-0.4, -0.2) is 24.0 Å². The van der Waals surface area contributed by atoms with Crippen molar-refractivity contribution in [1.29, 1.82) is 0 Å². The Labute approximate surface area is 97.1 Å². The maximum absolute atomic E-state index is 12.9. The molecule has 0 aliphatic heterocycles. The molecule has 0 N–H and O–H groups in total. The van der Waals surface area contributed by atoms with Crippen LogP contribution in [0.2, 0.25) is 0 Å². The summed E-state index contributed by atoms with van der Waals surface area (Å²) in [5.41, 5.74) is 0.158. The molecular weight excluding hydrogens is 237 g/mol. The fourth-order valence-corrected chi connectivity index (χ4v) is 1.67. The van der Waals surface area contributed by atoms with Gasteiger partial charge in [-0.3, -0.25) is 10.1 Å². The highest BCUT2D eigenvalue weighted by Crippen LogP contribution is 2.22. The van der Waals surface area contributed by atoms with E-state index < -0.39 is 16.1 Å². The minimum atomic E-state index is -0.550. The summed E-state index contributed by atoms with van der Waals surface area (Å²) in [6.45, 7) is 0.259. The van der Waals surface area contributed by atoms with Gasteiger partial charge in [0.1, 0.15) is 5.82 Å². The Hall–Kier alpha value is -1.20. The molecule has 0 spiro atoms. The number of nitrogens with zero attached hydrogens (tertiary/aromatic N) is 1. The first-order valence-corrected chi connectivity index (χ1v) is 5.04. The number of alkyl halides is 1. The maximum Gasteiger partial charge on any atom is 0.272 e. The van der Waals surface area contributed by atoms with Crippen LogP contribution >= 0.6 is 11.6 Å². The first-order valence-electron chi connectivity index (χ1n) is 4.60. The van der Waals surface area contributed by atoms with E-state index in [1.165, 1.54) is 7.11 Å². The molecule has 1 aromatic rings. The van der Waals surface area contributed by atoms with Crippen molar-refractivity contribution in [1.82, 2.24) is 0 Å². The summed E-state index contributed by atoms with van der Waals surface area (Å²) in [5.74, 6) is -0.512. The molecule has 0 bridgehead atoms. The van der Waals surface area contributed by atoms with Gasteiger partial charge in [0.25, 0.3) is 5.69 Å². The van der Waals surface area contributed by atoms with Gasteiger partial charge in [0.2, 0.25) is 0 Å². The lowest BCUT2D eigenvalue weighted by Crippen LogP contribution is -2.12. The van der Waals surface area contributed by atoms with Crippen LogP contribution in [0.15, 0.2) is 18.2 Å². The topological polar surface area (TPSA) is 52.4 Å². The van der Waals surface area contributed by atoms with E-state index in [-0.39, 0.29) is 24.3 Å². The van der Waals surface area contributed by atoms with E-state index in [0.717, 1.165) is 18.2 Å². The molecule has 88 valence electrons. The van der Waals surface area contributed by atoms with Crippen LogP contribution in [0.5, 0.6) is 0 Å². The van der Waals surface area contributed by atoms with E-state index in [1.807, 2.05) is 0 Å². The van der Waals surface area contributed by atoms with E-state index in [0.29, 0.717) is 0 Å². The summed E-state index contributed by atoms with van der Waals surface area (Å²) in [6, 6.07) is 3.32. The molecule has 1 rings (SSSR count). The molecule has 1 aromatic carbocycles. The summed E-state index contributed by atoms with van der Waals surface area (Å²) in [5, 5.41) is 10.3. The van der Waals surface area contributed by atoms with Crippen LogP contribution in [0, 0.1) is 15.9 Å². The third-order valence-corrected chi connectivity index (χ3v) is 2.31. The quantitative estimate of drug-likeness (QED) is 0.456. The molecule has 0 aromatic heterocycles. The molecule has 0 aliphatic carbocycles. The van der Waals surface area contributed by atoms with Crippen molar-refractivity contribution >= 4 is 17.3 Å². The first-order chi connectivity index (χ1) is 7.54. The fourth-order valence-electron chi connectivity index (χ4n) is 1.37. The molecule has 0 radical (unpaired) electrons. The zero-order valence-corrected chi connectivity index (χ0v) is 9.41. The summed E-state index contributed by atoms with van der Waals surface area (Å²) in [6.07, 6.45) is 0.198. The third kappa shape index (κ3) is 3.43. The number of methoxy groups -OCH3 is 1. The number of nitro groups is 1. The van der Waals surface area contributed by atoms with Crippen molar-refractivity contribution in [3.05, 3.63) is 39.7 Å². The van der Waals surface area contributed by atoms with Crippen LogP contribution < -0.4 is 0 Å². The molecule has 1 unspecified atom stereocenters. The predicted octanol–water partition coefficient (Wildman–Crippen LogP) is 2.53. The zero-order valence-electron chi connectivity index (χ0n) is 8.65. The molecule has 0 aliphatic rings. The number of halogens is 2. The molecule has 0 saturated carbocycles. The van der Waals surface area contributed by atoms with Gasteiger partial charge in [-0.15, -0.1) is 11.6 Å². The normalized spacial score (nSPS) is 12.4. The van der Waals surface area contributed by atoms with Gasteiger partial charge in [0.15, 0.2) is 0 Å². The average molecular weight is 248 g/mol. The average Bonchev–Trinajstić information content (AvgIpc) is 2.17. The highest BCUT2D eigenvalue weighted by molar-refractivity contribution is 6.20. The number of ether oxygens (including phenoxy) is 1. The van der Waals surface area contributed by atoms with E-state index in [9.17, 15) is 14.5 Å². The van der Waals surface area contributed by atoms with Crippen LogP contribution in [0.1, 0.15) is 5.56 Å². The van der Waals surface area contributed by atoms with Gasteiger partial charge >= 0.3 is 0 Å². The lowest BCUT2D eigenvalue weighted by atomic mass is 10.1. The molecular formula is C10H11ClFNO3. The summed E-state index contributed by atoms with van der Waals surface area (Å²) < 4.78 is 17.8. The predicted molar refractivity (Wildman–Crippen MR) is 58.3 cm³/mol. The van der Waals surface area contributed by atoms with E-state index in [4.69, 9.17) is 16.3 Å². The molecule has 4 nitrogen and oxygen atoms in total. The molecule has 1 atom stereocenters. The number of benzene rings is 1. The minimum Gasteiger partial charge on any atom is -0.383 e. The van der Waals surface area contributed by atoms with Gasteiger partial charge in [-0.1, -0.05) is 0 Å². The van der Waals surface area contributed by atoms with Gasteiger partial charge < -0.3 is 4.74 Å². The van der Waals surface area contributed by atoms with Gasteiger partial charge in [-0.2, -0.15) is 0 Å². The second-order valence-electron chi connectivity index (χ2n) is 3.29. The van der Waals surface area contributed by atoms with Crippen molar-refractivity contribution in [2.45, 2.75) is 11.8 Å². The van der Waals surface area contributed by atoms with Gasteiger partial charge in [0, 0.05) is 18.7 Å². The Morgan fingerprint density at radius 3 is 2.88 bits per heavy atom. The molecule has 0 fully saturated rings. The summed E-state index contributed by atoms with van der Waals surface area (Å²) in [7, 11) is 1.48. The van der Waals surface area contributed by atoms with E-state index in [2.05, 4.69) is 0 Å². The fraction of sp³-hybridized carbons (Fsp3) is 0.400. The highest BCUT2D eigenvalue weighted by atomic mass is 35.5. The Morgan fingerprint density at radius 2 is 2.31 bits per heavy atom.